The van der Waals surface area contributed by atoms with Gasteiger partial charge in [-0.05, 0) is 57.1 Å². The minimum absolute atomic E-state index is 0.0158. The molecule has 2 aliphatic heterocycles. The molecule has 28 heavy (non-hydrogen) atoms. The van der Waals surface area contributed by atoms with Gasteiger partial charge in [-0.2, -0.15) is 5.10 Å². The number of piperidine rings is 1. The van der Waals surface area contributed by atoms with Gasteiger partial charge in [-0.3, -0.25) is 14.5 Å². The Hall–Kier alpha value is -1.73. The number of rotatable bonds is 6. The number of ether oxygens (including phenoxy) is 1. The van der Waals surface area contributed by atoms with Crippen molar-refractivity contribution < 1.29 is 9.53 Å². The lowest BCUT2D eigenvalue weighted by atomic mass is 9.98. The highest BCUT2D eigenvalue weighted by molar-refractivity contribution is 5.78. The first-order valence-corrected chi connectivity index (χ1v) is 10.9. The molecular formula is C21H32N4O3. The van der Waals surface area contributed by atoms with Gasteiger partial charge in [-0.15, -0.1) is 0 Å². The molecule has 7 nitrogen and oxygen atoms in total. The second kappa shape index (κ2) is 9.18. The van der Waals surface area contributed by atoms with Gasteiger partial charge in [0.15, 0.2) is 0 Å². The van der Waals surface area contributed by atoms with Crippen molar-refractivity contribution >= 4 is 5.91 Å². The van der Waals surface area contributed by atoms with Crippen LogP contribution >= 0.6 is 0 Å². The summed E-state index contributed by atoms with van der Waals surface area (Å²) >= 11 is 0. The molecule has 3 heterocycles. The standard InChI is InChI=1S/C21H32N4O3/c26-20-14-17-4-3-6-19(17)23-25(20)11-10-24-9-2-1-5-18(24)15-22-21(27)16-7-12-28-13-8-16/h14,16,18H,1-13,15H2,(H,22,27). The number of amides is 1. The molecule has 1 atom stereocenters. The maximum Gasteiger partial charge on any atom is 0.267 e. The Kier molecular flexibility index (Phi) is 6.42. The number of hydrogen-bond acceptors (Lipinski definition) is 5. The summed E-state index contributed by atoms with van der Waals surface area (Å²) in [4.78, 5) is 27.2. The Morgan fingerprint density at radius 2 is 2.00 bits per heavy atom. The number of nitrogens with one attached hydrogen (secondary N) is 1. The zero-order chi connectivity index (χ0) is 19.3. The van der Waals surface area contributed by atoms with Crippen molar-refractivity contribution in [2.45, 2.75) is 64.0 Å². The van der Waals surface area contributed by atoms with Crippen LogP contribution < -0.4 is 10.9 Å². The van der Waals surface area contributed by atoms with Crippen LogP contribution in [0.15, 0.2) is 10.9 Å². The van der Waals surface area contributed by atoms with Crippen molar-refractivity contribution in [3.05, 3.63) is 27.7 Å². The number of aromatic nitrogens is 2. The summed E-state index contributed by atoms with van der Waals surface area (Å²) in [7, 11) is 0. The molecule has 0 aromatic carbocycles. The van der Waals surface area contributed by atoms with Crippen LogP contribution in [0.5, 0.6) is 0 Å². The quantitative estimate of drug-likeness (QED) is 0.791. The molecule has 0 bridgehead atoms. The Bertz CT molecular complexity index is 742. The van der Waals surface area contributed by atoms with Gasteiger partial charge in [-0.1, -0.05) is 6.42 Å². The number of carbonyl (C=O) groups is 1. The van der Waals surface area contributed by atoms with E-state index in [2.05, 4.69) is 15.3 Å². The highest BCUT2D eigenvalue weighted by Crippen LogP contribution is 2.19. The van der Waals surface area contributed by atoms with Crippen LogP contribution in [-0.2, 0) is 28.9 Å². The smallest absolute Gasteiger partial charge is 0.267 e. The summed E-state index contributed by atoms with van der Waals surface area (Å²) in [6, 6.07) is 2.12. The van der Waals surface area contributed by atoms with Gasteiger partial charge in [0.05, 0.1) is 12.2 Å². The van der Waals surface area contributed by atoms with Gasteiger partial charge in [0.1, 0.15) is 0 Å². The molecule has 1 amide bonds. The Morgan fingerprint density at radius 3 is 2.86 bits per heavy atom. The molecular weight excluding hydrogens is 356 g/mol. The normalized spacial score (nSPS) is 23.5. The summed E-state index contributed by atoms with van der Waals surface area (Å²) in [5.74, 6) is 0.269. The predicted molar refractivity (Wildman–Crippen MR) is 106 cm³/mol. The van der Waals surface area contributed by atoms with Crippen molar-refractivity contribution in [1.82, 2.24) is 20.0 Å². The van der Waals surface area contributed by atoms with Crippen LogP contribution in [0.1, 0.15) is 49.8 Å². The van der Waals surface area contributed by atoms with Gasteiger partial charge in [0.2, 0.25) is 5.91 Å². The minimum atomic E-state index is 0.0158. The van der Waals surface area contributed by atoms with E-state index in [9.17, 15) is 9.59 Å². The fraction of sp³-hybridized carbons (Fsp3) is 0.762. The topological polar surface area (TPSA) is 76.5 Å². The van der Waals surface area contributed by atoms with Crippen molar-refractivity contribution in [3.63, 3.8) is 0 Å². The van der Waals surface area contributed by atoms with Crippen LogP contribution in [0.3, 0.4) is 0 Å². The van der Waals surface area contributed by atoms with Crippen LogP contribution in [0, 0.1) is 5.92 Å². The molecule has 7 heteroatoms. The Morgan fingerprint density at radius 1 is 1.14 bits per heavy atom. The van der Waals surface area contributed by atoms with Crippen molar-refractivity contribution in [1.29, 1.82) is 0 Å². The van der Waals surface area contributed by atoms with E-state index in [1.54, 1.807) is 10.7 Å². The second-order valence-electron chi connectivity index (χ2n) is 8.35. The SMILES string of the molecule is O=C(NCC1CCCCN1CCn1nc2c(cc1=O)CCC2)C1CCOCC1. The molecule has 0 saturated carbocycles. The van der Waals surface area contributed by atoms with Crippen molar-refractivity contribution in [2.24, 2.45) is 5.92 Å². The van der Waals surface area contributed by atoms with Crippen LogP contribution in [0.25, 0.3) is 0 Å². The largest absolute Gasteiger partial charge is 0.381 e. The van der Waals surface area contributed by atoms with E-state index < -0.39 is 0 Å². The molecule has 2 fully saturated rings. The van der Waals surface area contributed by atoms with Crippen LogP contribution in [0.2, 0.25) is 0 Å². The number of fused-ring (bicyclic) bond motifs is 1. The molecule has 1 aliphatic carbocycles. The Labute approximate surface area is 166 Å². The first-order chi connectivity index (χ1) is 13.7. The number of aryl methyl sites for hydroxylation is 2. The molecule has 1 aromatic heterocycles. The van der Waals surface area contributed by atoms with Gasteiger partial charge < -0.3 is 10.1 Å². The third-order valence-electron chi connectivity index (χ3n) is 6.48. The predicted octanol–water partition coefficient (Wildman–Crippen LogP) is 1.13. The van der Waals surface area contributed by atoms with Gasteiger partial charge in [0, 0.05) is 44.3 Å². The van der Waals surface area contributed by atoms with Crippen molar-refractivity contribution in [3.8, 4) is 0 Å². The van der Waals surface area contributed by atoms with Gasteiger partial charge >= 0.3 is 0 Å². The monoisotopic (exact) mass is 388 g/mol. The van der Waals surface area contributed by atoms with E-state index in [1.165, 1.54) is 12.8 Å². The first kappa shape index (κ1) is 19.6. The number of nitrogens with zero attached hydrogens (tertiary/aromatic N) is 3. The zero-order valence-electron chi connectivity index (χ0n) is 16.7. The molecule has 0 spiro atoms. The summed E-state index contributed by atoms with van der Waals surface area (Å²) in [6.07, 6.45) is 8.20. The third kappa shape index (κ3) is 4.63. The van der Waals surface area contributed by atoms with E-state index in [1.807, 2.05) is 0 Å². The zero-order valence-corrected chi connectivity index (χ0v) is 16.7. The molecule has 0 radical (unpaired) electrons. The lowest BCUT2D eigenvalue weighted by molar-refractivity contribution is -0.128. The highest BCUT2D eigenvalue weighted by atomic mass is 16.5. The van der Waals surface area contributed by atoms with Crippen LogP contribution in [0.4, 0.5) is 0 Å². The van der Waals surface area contributed by atoms with Crippen molar-refractivity contribution in [2.75, 3.05) is 32.8 Å². The van der Waals surface area contributed by atoms with E-state index in [4.69, 9.17) is 4.74 Å². The lowest BCUT2D eigenvalue weighted by Crippen LogP contribution is -2.49. The van der Waals surface area contributed by atoms with Crippen LogP contribution in [-0.4, -0.2) is 59.5 Å². The average Bonchev–Trinajstić information content (AvgIpc) is 3.18. The maximum absolute atomic E-state index is 12.4. The van der Waals surface area contributed by atoms with Gasteiger partial charge in [-0.25, -0.2) is 4.68 Å². The number of carbonyl (C=O) groups excluding carboxylic acids is 1. The minimum Gasteiger partial charge on any atom is -0.381 e. The molecule has 4 rings (SSSR count). The lowest BCUT2D eigenvalue weighted by Gasteiger charge is -2.36. The van der Waals surface area contributed by atoms with Gasteiger partial charge in [0.25, 0.3) is 5.56 Å². The fourth-order valence-electron chi connectivity index (χ4n) is 4.73. The van der Waals surface area contributed by atoms with E-state index in [-0.39, 0.29) is 17.4 Å². The molecule has 154 valence electrons. The summed E-state index contributed by atoms with van der Waals surface area (Å²) in [5, 5.41) is 7.77. The first-order valence-electron chi connectivity index (χ1n) is 10.9. The molecule has 3 aliphatic rings. The molecule has 2 saturated heterocycles. The number of likely N-dealkylation sites (tertiary alicyclic amines) is 1. The fourth-order valence-corrected chi connectivity index (χ4v) is 4.73. The number of hydrogen-bond donors (Lipinski definition) is 1. The Balaban J connectivity index is 1.31. The second-order valence-corrected chi connectivity index (χ2v) is 8.35. The maximum atomic E-state index is 12.4. The van der Waals surface area contributed by atoms with E-state index in [0.29, 0.717) is 32.3 Å². The van der Waals surface area contributed by atoms with E-state index >= 15 is 0 Å². The summed E-state index contributed by atoms with van der Waals surface area (Å²) in [5.41, 5.74) is 2.24. The molecule has 1 unspecified atom stereocenters. The third-order valence-corrected chi connectivity index (χ3v) is 6.48. The summed E-state index contributed by atoms with van der Waals surface area (Å²) < 4.78 is 6.99. The molecule has 1 aromatic rings. The molecule has 1 N–H and O–H groups in total. The summed E-state index contributed by atoms with van der Waals surface area (Å²) in [6.45, 7) is 4.53. The highest BCUT2D eigenvalue weighted by Gasteiger charge is 2.26. The average molecular weight is 389 g/mol. The van der Waals surface area contributed by atoms with E-state index in [0.717, 1.165) is 62.9 Å².